The van der Waals surface area contributed by atoms with Gasteiger partial charge >= 0.3 is 5.97 Å². The van der Waals surface area contributed by atoms with Crippen molar-refractivity contribution in [1.29, 1.82) is 0 Å². The molecule has 10 heteroatoms. The fourth-order valence-electron chi connectivity index (χ4n) is 2.27. The van der Waals surface area contributed by atoms with E-state index >= 15 is 0 Å². The highest BCUT2D eigenvalue weighted by molar-refractivity contribution is 7.99. The fraction of sp³-hybridized carbons (Fsp3) is 0.308. The van der Waals surface area contributed by atoms with Crippen LogP contribution in [0.2, 0.25) is 0 Å². The minimum absolute atomic E-state index is 0.0465. The number of nitrogens with zero attached hydrogens (tertiary/aromatic N) is 4. The monoisotopic (exact) mass is 354 g/mol. The molecule has 0 unspecified atom stereocenters. The molecule has 0 bridgehead atoms. The van der Waals surface area contributed by atoms with Gasteiger partial charge in [-0.2, -0.15) is 21.2 Å². The molecule has 1 aromatic heterocycles. The molecule has 2 aromatic rings. The standard InChI is InChI=1S/C13H14N4O4S2/c18-13(19)10-5-11(17-9-14-8-15-17)7-12(6-10)23(20,21)16-1-3-22-4-2-16/h5-9H,1-4H2,(H,18,19). The Morgan fingerprint density at radius 3 is 2.57 bits per heavy atom. The number of hydrogen-bond donors (Lipinski definition) is 1. The third-order valence-corrected chi connectivity index (χ3v) is 6.25. The lowest BCUT2D eigenvalue weighted by atomic mass is 10.2. The number of carbonyl (C=O) groups is 1. The van der Waals surface area contributed by atoms with Crippen LogP contribution in [0.3, 0.4) is 0 Å². The van der Waals surface area contributed by atoms with Crippen molar-refractivity contribution in [2.45, 2.75) is 4.90 Å². The predicted molar refractivity (Wildman–Crippen MR) is 84.4 cm³/mol. The van der Waals surface area contributed by atoms with Gasteiger partial charge in [-0.05, 0) is 18.2 Å². The molecule has 0 spiro atoms. The second kappa shape index (κ2) is 6.30. The molecule has 0 saturated carbocycles. The molecule has 0 aliphatic carbocycles. The van der Waals surface area contributed by atoms with Gasteiger partial charge in [0.25, 0.3) is 0 Å². The van der Waals surface area contributed by atoms with Crippen LogP contribution in [0.25, 0.3) is 5.69 Å². The molecule has 0 amide bonds. The van der Waals surface area contributed by atoms with Gasteiger partial charge in [-0.3, -0.25) is 0 Å². The second-order valence-electron chi connectivity index (χ2n) is 4.88. The largest absolute Gasteiger partial charge is 0.478 e. The Hall–Kier alpha value is -1.91. The van der Waals surface area contributed by atoms with Gasteiger partial charge in [0.15, 0.2) is 0 Å². The average molecular weight is 354 g/mol. The molecule has 1 aliphatic heterocycles. The molecular weight excluding hydrogens is 340 g/mol. The van der Waals surface area contributed by atoms with Crippen LogP contribution in [0.1, 0.15) is 10.4 Å². The van der Waals surface area contributed by atoms with E-state index in [1.807, 2.05) is 0 Å². The number of hydrogen-bond acceptors (Lipinski definition) is 6. The Morgan fingerprint density at radius 2 is 1.96 bits per heavy atom. The second-order valence-corrected chi connectivity index (χ2v) is 8.04. The fourth-order valence-corrected chi connectivity index (χ4v) is 4.91. The van der Waals surface area contributed by atoms with Crippen molar-refractivity contribution in [2.24, 2.45) is 0 Å². The minimum atomic E-state index is -3.74. The Bertz CT molecular complexity index is 815. The minimum Gasteiger partial charge on any atom is -0.478 e. The van der Waals surface area contributed by atoms with E-state index in [0.29, 0.717) is 18.8 Å². The summed E-state index contributed by atoms with van der Waals surface area (Å²) in [6.07, 6.45) is 2.68. The van der Waals surface area contributed by atoms with Crippen molar-refractivity contribution in [3.8, 4) is 5.69 Å². The Morgan fingerprint density at radius 1 is 1.22 bits per heavy atom. The van der Waals surface area contributed by atoms with Gasteiger partial charge in [0, 0.05) is 24.6 Å². The molecule has 2 heterocycles. The van der Waals surface area contributed by atoms with Gasteiger partial charge in [0.05, 0.1) is 16.1 Å². The van der Waals surface area contributed by atoms with E-state index in [9.17, 15) is 18.3 Å². The molecule has 1 fully saturated rings. The van der Waals surface area contributed by atoms with E-state index < -0.39 is 16.0 Å². The first-order chi connectivity index (χ1) is 11.0. The van der Waals surface area contributed by atoms with E-state index in [-0.39, 0.29) is 10.5 Å². The van der Waals surface area contributed by atoms with Crippen molar-refractivity contribution in [2.75, 3.05) is 24.6 Å². The van der Waals surface area contributed by atoms with Crippen LogP contribution in [0, 0.1) is 0 Å². The SMILES string of the molecule is O=C(O)c1cc(-n2cncn2)cc(S(=O)(=O)N2CCSCC2)c1. The van der Waals surface area contributed by atoms with Crippen molar-refractivity contribution in [1.82, 2.24) is 19.1 Å². The number of aromatic carboxylic acids is 1. The van der Waals surface area contributed by atoms with Crippen molar-refractivity contribution in [3.63, 3.8) is 0 Å². The maximum atomic E-state index is 12.8. The van der Waals surface area contributed by atoms with E-state index in [0.717, 1.165) is 11.5 Å². The summed E-state index contributed by atoms with van der Waals surface area (Å²) in [6.45, 7) is 0.839. The summed E-state index contributed by atoms with van der Waals surface area (Å²) in [5.41, 5.74) is 0.232. The molecule has 1 aromatic carbocycles. The van der Waals surface area contributed by atoms with E-state index in [1.54, 1.807) is 11.8 Å². The van der Waals surface area contributed by atoms with E-state index in [2.05, 4.69) is 10.1 Å². The molecular formula is C13H14N4O4S2. The molecule has 0 radical (unpaired) electrons. The maximum Gasteiger partial charge on any atom is 0.335 e. The van der Waals surface area contributed by atoms with Gasteiger partial charge in [0.2, 0.25) is 10.0 Å². The highest BCUT2D eigenvalue weighted by Crippen LogP contribution is 2.23. The molecule has 122 valence electrons. The van der Waals surface area contributed by atoms with Crippen LogP contribution >= 0.6 is 11.8 Å². The quantitative estimate of drug-likeness (QED) is 0.861. The molecule has 23 heavy (non-hydrogen) atoms. The summed E-state index contributed by atoms with van der Waals surface area (Å²) in [6, 6.07) is 3.96. The van der Waals surface area contributed by atoms with E-state index in [1.165, 1.54) is 39.8 Å². The first-order valence-electron chi connectivity index (χ1n) is 6.80. The maximum absolute atomic E-state index is 12.8. The zero-order valence-electron chi connectivity index (χ0n) is 12.0. The smallest absolute Gasteiger partial charge is 0.335 e. The number of carboxylic acids is 1. The number of benzene rings is 1. The summed E-state index contributed by atoms with van der Waals surface area (Å²) < 4.78 is 28.2. The highest BCUT2D eigenvalue weighted by atomic mass is 32.2. The van der Waals surface area contributed by atoms with Crippen LogP contribution in [0.4, 0.5) is 0 Å². The normalized spacial score (nSPS) is 16.3. The van der Waals surface area contributed by atoms with Crippen molar-refractivity contribution >= 4 is 27.8 Å². The first kappa shape index (κ1) is 16.0. The third-order valence-electron chi connectivity index (χ3n) is 3.43. The van der Waals surface area contributed by atoms with Gasteiger partial charge in [-0.25, -0.2) is 22.9 Å². The summed E-state index contributed by atoms with van der Waals surface area (Å²) in [4.78, 5) is 15.1. The lowest BCUT2D eigenvalue weighted by molar-refractivity contribution is 0.0696. The third kappa shape index (κ3) is 3.23. The van der Waals surface area contributed by atoms with Crippen LogP contribution in [0.15, 0.2) is 35.7 Å². The summed E-state index contributed by atoms with van der Waals surface area (Å²) >= 11 is 1.70. The number of rotatable bonds is 4. The van der Waals surface area contributed by atoms with Crippen LogP contribution in [-0.4, -0.2) is 63.2 Å². The van der Waals surface area contributed by atoms with Gasteiger partial charge < -0.3 is 5.11 Å². The van der Waals surface area contributed by atoms with Gasteiger partial charge in [-0.15, -0.1) is 0 Å². The summed E-state index contributed by atoms with van der Waals surface area (Å²) in [7, 11) is -3.74. The molecule has 8 nitrogen and oxygen atoms in total. The van der Waals surface area contributed by atoms with Gasteiger partial charge in [0.1, 0.15) is 12.7 Å². The molecule has 1 aliphatic rings. The Balaban J connectivity index is 2.09. The number of aromatic nitrogens is 3. The topological polar surface area (TPSA) is 105 Å². The zero-order valence-corrected chi connectivity index (χ0v) is 13.6. The average Bonchev–Trinajstić information content (AvgIpc) is 3.09. The van der Waals surface area contributed by atoms with E-state index in [4.69, 9.17) is 0 Å². The molecule has 1 N–H and O–H groups in total. The summed E-state index contributed by atoms with van der Waals surface area (Å²) in [5, 5.41) is 13.2. The van der Waals surface area contributed by atoms with Gasteiger partial charge in [-0.1, -0.05) is 0 Å². The van der Waals surface area contributed by atoms with Crippen LogP contribution in [-0.2, 0) is 10.0 Å². The number of carboxylic acid groups (broad SMARTS) is 1. The molecule has 1 saturated heterocycles. The number of thioether (sulfide) groups is 1. The Labute approximate surface area is 137 Å². The first-order valence-corrected chi connectivity index (χ1v) is 9.39. The lowest BCUT2D eigenvalue weighted by Crippen LogP contribution is -2.38. The molecule has 3 rings (SSSR count). The number of sulfonamides is 1. The Kier molecular flexibility index (Phi) is 4.37. The van der Waals surface area contributed by atoms with Crippen molar-refractivity contribution < 1.29 is 18.3 Å². The van der Waals surface area contributed by atoms with Crippen LogP contribution < -0.4 is 0 Å². The predicted octanol–water partition coefficient (Wildman–Crippen LogP) is 0.703. The van der Waals surface area contributed by atoms with Crippen molar-refractivity contribution in [3.05, 3.63) is 36.4 Å². The highest BCUT2D eigenvalue weighted by Gasteiger charge is 2.27. The lowest BCUT2D eigenvalue weighted by Gasteiger charge is -2.25. The zero-order chi connectivity index (χ0) is 16.4. The summed E-state index contributed by atoms with van der Waals surface area (Å²) in [5.74, 6) is 0.263. The van der Waals surface area contributed by atoms with Crippen LogP contribution in [0.5, 0.6) is 0 Å². The molecule has 0 atom stereocenters.